The van der Waals surface area contributed by atoms with Crippen molar-refractivity contribution in [3.8, 4) is 5.75 Å². The monoisotopic (exact) mass is 299 g/mol. The van der Waals surface area contributed by atoms with E-state index in [2.05, 4.69) is 22.2 Å². The average Bonchev–Trinajstić information content (AvgIpc) is 2.52. The summed E-state index contributed by atoms with van der Waals surface area (Å²) in [4.78, 5) is 4.06. The number of ether oxygens (including phenoxy) is 1. The second-order valence-corrected chi connectivity index (χ2v) is 4.70. The number of nitrogens with one attached hydrogen (secondary N) is 2. The van der Waals surface area contributed by atoms with Gasteiger partial charge in [-0.05, 0) is 36.0 Å². The normalized spacial score (nSPS) is 9.71. The first-order valence-electron chi connectivity index (χ1n) is 6.55. The molecule has 4 nitrogen and oxygen atoms in total. The zero-order valence-electron chi connectivity index (χ0n) is 11.6. The maximum atomic E-state index is 5.48. The summed E-state index contributed by atoms with van der Waals surface area (Å²) in [6, 6.07) is 11.5. The van der Waals surface area contributed by atoms with Crippen LogP contribution in [0.25, 0.3) is 0 Å². The van der Waals surface area contributed by atoms with Crippen LogP contribution in [0.5, 0.6) is 5.75 Å². The number of nitrogens with zero attached hydrogens (tertiary/aromatic N) is 1. The van der Waals surface area contributed by atoms with Crippen LogP contribution in [0.2, 0.25) is 0 Å². The highest BCUT2D eigenvalue weighted by Crippen LogP contribution is 2.17. The SMILES string of the molecule is C=CCOc1cccc(NC(=S)NCc2cccnc2)c1. The van der Waals surface area contributed by atoms with Crippen molar-refractivity contribution >= 4 is 23.0 Å². The van der Waals surface area contributed by atoms with E-state index in [4.69, 9.17) is 17.0 Å². The van der Waals surface area contributed by atoms with Crippen LogP contribution >= 0.6 is 12.2 Å². The summed E-state index contributed by atoms with van der Waals surface area (Å²) < 4.78 is 5.48. The van der Waals surface area contributed by atoms with Gasteiger partial charge in [0, 0.05) is 30.7 Å². The van der Waals surface area contributed by atoms with Crippen molar-refractivity contribution < 1.29 is 4.74 Å². The van der Waals surface area contributed by atoms with E-state index < -0.39 is 0 Å². The predicted octanol–water partition coefficient (Wildman–Crippen LogP) is 3.13. The molecule has 5 heteroatoms. The minimum atomic E-state index is 0.479. The molecule has 0 aliphatic heterocycles. The second kappa shape index (κ2) is 8.01. The molecule has 0 bridgehead atoms. The van der Waals surface area contributed by atoms with Crippen LogP contribution < -0.4 is 15.4 Å². The molecule has 0 amide bonds. The van der Waals surface area contributed by atoms with Gasteiger partial charge in [-0.3, -0.25) is 4.98 Å². The fourth-order valence-electron chi connectivity index (χ4n) is 1.68. The van der Waals surface area contributed by atoms with Gasteiger partial charge in [-0.25, -0.2) is 0 Å². The Kier molecular flexibility index (Phi) is 5.72. The number of rotatable bonds is 6. The number of hydrogen-bond acceptors (Lipinski definition) is 3. The highest BCUT2D eigenvalue weighted by molar-refractivity contribution is 7.80. The number of pyridine rings is 1. The molecule has 1 heterocycles. The van der Waals surface area contributed by atoms with Gasteiger partial charge in [0.1, 0.15) is 12.4 Å². The van der Waals surface area contributed by atoms with Crippen LogP contribution in [0.1, 0.15) is 5.56 Å². The van der Waals surface area contributed by atoms with E-state index in [1.54, 1.807) is 18.5 Å². The van der Waals surface area contributed by atoms with Gasteiger partial charge in [-0.2, -0.15) is 0 Å². The summed E-state index contributed by atoms with van der Waals surface area (Å²) in [5.74, 6) is 0.773. The van der Waals surface area contributed by atoms with E-state index in [9.17, 15) is 0 Å². The summed E-state index contributed by atoms with van der Waals surface area (Å²) in [6.45, 7) is 4.73. The Morgan fingerprint density at radius 1 is 1.33 bits per heavy atom. The maximum absolute atomic E-state index is 5.48. The summed E-state index contributed by atoms with van der Waals surface area (Å²) in [6.07, 6.45) is 5.26. The van der Waals surface area contributed by atoms with Gasteiger partial charge in [0.2, 0.25) is 0 Å². The largest absolute Gasteiger partial charge is 0.489 e. The lowest BCUT2D eigenvalue weighted by Crippen LogP contribution is -2.27. The van der Waals surface area contributed by atoms with Gasteiger partial charge in [0.15, 0.2) is 5.11 Å². The van der Waals surface area contributed by atoms with E-state index in [1.165, 1.54) is 0 Å². The summed E-state index contributed by atoms with van der Waals surface area (Å²) in [5, 5.41) is 6.81. The Balaban J connectivity index is 1.86. The molecule has 2 N–H and O–H groups in total. The topological polar surface area (TPSA) is 46.2 Å². The molecule has 0 aliphatic carbocycles. The Morgan fingerprint density at radius 2 is 2.24 bits per heavy atom. The Labute approximate surface area is 129 Å². The van der Waals surface area contributed by atoms with E-state index in [0.717, 1.165) is 17.0 Å². The second-order valence-electron chi connectivity index (χ2n) is 4.30. The first kappa shape index (κ1) is 15.0. The number of thiocarbonyl (C=S) groups is 1. The molecule has 0 fully saturated rings. The molecule has 1 aromatic heterocycles. The van der Waals surface area contributed by atoms with Gasteiger partial charge in [0.05, 0.1) is 0 Å². The van der Waals surface area contributed by atoms with E-state index in [1.807, 2.05) is 36.4 Å². The van der Waals surface area contributed by atoms with Crippen LogP contribution in [-0.4, -0.2) is 16.7 Å². The number of anilines is 1. The van der Waals surface area contributed by atoms with Gasteiger partial charge in [-0.1, -0.05) is 24.8 Å². The Morgan fingerprint density at radius 3 is 3.00 bits per heavy atom. The molecule has 0 radical (unpaired) electrons. The summed E-state index contributed by atoms with van der Waals surface area (Å²) >= 11 is 5.27. The number of aromatic nitrogens is 1. The highest BCUT2D eigenvalue weighted by atomic mass is 32.1. The molecule has 0 aliphatic rings. The molecule has 0 saturated heterocycles. The van der Waals surface area contributed by atoms with Crippen molar-refractivity contribution in [2.45, 2.75) is 6.54 Å². The zero-order valence-corrected chi connectivity index (χ0v) is 12.4. The standard InChI is InChI=1S/C16H17N3OS/c1-2-9-20-15-7-3-6-14(10-15)19-16(21)18-12-13-5-4-8-17-11-13/h2-8,10-11H,1,9,12H2,(H2,18,19,21). The first-order valence-corrected chi connectivity index (χ1v) is 6.96. The van der Waals surface area contributed by atoms with Crippen molar-refractivity contribution in [3.63, 3.8) is 0 Å². The smallest absolute Gasteiger partial charge is 0.171 e. The third-order valence-electron chi connectivity index (χ3n) is 2.64. The highest BCUT2D eigenvalue weighted by Gasteiger charge is 2.00. The minimum absolute atomic E-state index is 0.479. The molecule has 1 aromatic carbocycles. The van der Waals surface area contributed by atoms with Crippen LogP contribution in [0, 0.1) is 0 Å². The quantitative estimate of drug-likeness (QED) is 0.634. The van der Waals surface area contributed by atoms with Crippen molar-refractivity contribution in [1.29, 1.82) is 0 Å². The van der Waals surface area contributed by atoms with E-state index >= 15 is 0 Å². The summed E-state index contributed by atoms with van der Waals surface area (Å²) in [5.41, 5.74) is 1.95. The molecule has 2 rings (SSSR count). The Bertz CT molecular complexity index is 601. The minimum Gasteiger partial charge on any atom is -0.489 e. The number of benzene rings is 1. The third kappa shape index (κ3) is 5.24. The lowest BCUT2D eigenvalue weighted by molar-refractivity contribution is 0.363. The van der Waals surface area contributed by atoms with Gasteiger partial charge in [-0.15, -0.1) is 0 Å². The molecular formula is C16H17N3OS. The van der Waals surface area contributed by atoms with Crippen LogP contribution in [0.3, 0.4) is 0 Å². The average molecular weight is 299 g/mol. The maximum Gasteiger partial charge on any atom is 0.171 e. The molecule has 0 spiro atoms. The number of hydrogen-bond donors (Lipinski definition) is 2. The van der Waals surface area contributed by atoms with Gasteiger partial charge in [0.25, 0.3) is 0 Å². The molecular weight excluding hydrogens is 282 g/mol. The molecule has 21 heavy (non-hydrogen) atoms. The van der Waals surface area contributed by atoms with Gasteiger partial charge >= 0.3 is 0 Å². The lowest BCUT2D eigenvalue weighted by atomic mass is 10.3. The predicted molar refractivity (Wildman–Crippen MR) is 89.4 cm³/mol. The molecule has 0 atom stereocenters. The van der Waals surface area contributed by atoms with E-state index in [-0.39, 0.29) is 0 Å². The third-order valence-corrected chi connectivity index (χ3v) is 2.88. The summed E-state index contributed by atoms with van der Waals surface area (Å²) in [7, 11) is 0. The van der Waals surface area contributed by atoms with Gasteiger partial charge < -0.3 is 15.4 Å². The first-order chi connectivity index (χ1) is 10.3. The van der Waals surface area contributed by atoms with Crippen LogP contribution in [0.4, 0.5) is 5.69 Å². The van der Waals surface area contributed by atoms with Crippen molar-refractivity contribution in [2.24, 2.45) is 0 Å². The van der Waals surface area contributed by atoms with Crippen LogP contribution in [-0.2, 0) is 6.54 Å². The fraction of sp³-hybridized carbons (Fsp3) is 0.125. The zero-order chi connectivity index (χ0) is 14.9. The lowest BCUT2D eigenvalue weighted by Gasteiger charge is -2.11. The molecule has 108 valence electrons. The van der Waals surface area contributed by atoms with Crippen molar-refractivity contribution in [2.75, 3.05) is 11.9 Å². The van der Waals surface area contributed by atoms with E-state index in [0.29, 0.717) is 18.3 Å². The van der Waals surface area contributed by atoms with Crippen molar-refractivity contribution in [3.05, 3.63) is 67.0 Å². The molecule has 0 unspecified atom stereocenters. The van der Waals surface area contributed by atoms with Crippen LogP contribution in [0.15, 0.2) is 61.4 Å². The van der Waals surface area contributed by atoms with Crippen molar-refractivity contribution in [1.82, 2.24) is 10.3 Å². The fourth-order valence-corrected chi connectivity index (χ4v) is 1.87. The Hall–Kier alpha value is -2.40. The molecule has 0 saturated carbocycles. The molecule has 2 aromatic rings.